The highest BCUT2D eigenvalue weighted by Gasteiger charge is 2.18. The zero-order valence-electron chi connectivity index (χ0n) is 9.45. The molecule has 0 fully saturated rings. The summed E-state index contributed by atoms with van der Waals surface area (Å²) in [5.41, 5.74) is 1.65. The Kier molecular flexibility index (Phi) is 4.35. The van der Waals surface area contributed by atoms with Gasteiger partial charge in [-0.3, -0.25) is 0 Å². The van der Waals surface area contributed by atoms with Crippen molar-refractivity contribution >= 4 is 5.97 Å². The molecule has 0 aliphatic heterocycles. The second kappa shape index (κ2) is 5.54. The highest BCUT2D eigenvalue weighted by molar-refractivity contribution is 5.87. The summed E-state index contributed by atoms with van der Waals surface area (Å²) in [6.45, 7) is 7.35. The van der Waals surface area contributed by atoms with E-state index < -0.39 is 0 Å². The standard InChI is InChI=1S/C13H18O2/c1-4-7-12(11-8-5-6-9-11)15-13(14)10(2)3/h5-6,8,12H,2,4,7,9H2,1,3H3. The summed E-state index contributed by atoms with van der Waals surface area (Å²) < 4.78 is 5.39. The number of esters is 1. The van der Waals surface area contributed by atoms with E-state index in [9.17, 15) is 4.79 Å². The molecule has 0 bridgehead atoms. The van der Waals surface area contributed by atoms with Gasteiger partial charge in [-0.15, -0.1) is 0 Å². The molecule has 82 valence electrons. The monoisotopic (exact) mass is 206 g/mol. The summed E-state index contributed by atoms with van der Waals surface area (Å²) in [6, 6.07) is 0. The molecule has 1 rings (SSSR count). The van der Waals surface area contributed by atoms with Crippen molar-refractivity contribution in [3.05, 3.63) is 36.0 Å². The molecule has 0 saturated heterocycles. The second-order valence-corrected chi connectivity index (χ2v) is 3.84. The summed E-state index contributed by atoms with van der Waals surface area (Å²) in [7, 11) is 0. The summed E-state index contributed by atoms with van der Waals surface area (Å²) in [6.07, 6.45) is 8.83. The fourth-order valence-corrected chi connectivity index (χ4v) is 1.51. The quantitative estimate of drug-likeness (QED) is 0.510. The lowest BCUT2D eigenvalue weighted by atomic mass is 10.0. The van der Waals surface area contributed by atoms with Crippen molar-refractivity contribution in [1.29, 1.82) is 0 Å². The van der Waals surface area contributed by atoms with Crippen LogP contribution < -0.4 is 0 Å². The third-order valence-corrected chi connectivity index (χ3v) is 2.36. The molecular weight excluding hydrogens is 188 g/mol. The molecule has 2 nitrogen and oxygen atoms in total. The van der Waals surface area contributed by atoms with E-state index in [-0.39, 0.29) is 12.1 Å². The molecular formula is C13H18O2. The maximum atomic E-state index is 11.4. The second-order valence-electron chi connectivity index (χ2n) is 3.84. The minimum atomic E-state index is -0.291. The maximum absolute atomic E-state index is 11.4. The number of rotatable bonds is 5. The first kappa shape index (κ1) is 11.8. The average Bonchev–Trinajstić information content (AvgIpc) is 2.69. The van der Waals surface area contributed by atoms with Gasteiger partial charge in [0.05, 0.1) is 0 Å². The van der Waals surface area contributed by atoms with Crippen LogP contribution in [0.15, 0.2) is 36.0 Å². The smallest absolute Gasteiger partial charge is 0.333 e. The summed E-state index contributed by atoms with van der Waals surface area (Å²) in [4.78, 5) is 11.4. The molecule has 0 saturated carbocycles. The van der Waals surface area contributed by atoms with Crippen molar-refractivity contribution < 1.29 is 9.53 Å². The Morgan fingerprint density at radius 1 is 1.67 bits per heavy atom. The summed E-state index contributed by atoms with van der Waals surface area (Å²) in [5.74, 6) is -0.291. The molecule has 0 N–H and O–H groups in total. The van der Waals surface area contributed by atoms with Gasteiger partial charge in [0.25, 0.3) is 0 Å². The van der Waals surface area contributed by atoms with Gasteiger partial charge in [-0.05, 0) is 25.3 Å². The van der Waals surface area contributed by atoms with Crippen molar-refractivity contribution in [3.8, 4) is 0 Å². The van der Waals surface area contributed by atoms with Gasteiger partial charge in [0.1, 0.15) is 6.10 Å². The Labute approximate surface area is 91.3 Å². The first-order valence-electron chi connectivity index (χ1n) is 5.37. The van der Waals surface area contributed by atoms with Gasteiger partial charge >= 0.3 is 5.97 Å². The van der Waals surface area contributed by atoms with Crippen molar-refractivity contribution in [2.24, 2.45) is 0 Å². The van der Waals surface area contributed by atoms with Gasteiger partial charge in [-0.25, -0.2) is 4.79 Å². The summed E-state index contributed by atoms with van der Waals surface area (Å²) in [5, 5.41) is 0. The molecule has 1 aliphatic rings. The highest BCUT2D eigenvalue weighted by atomic mass is 16.5. The Morgan fingerprint density at radius 2 is 2.40 bits per heavy atom. The third-order valence-electron chi connectivity index (χ3n) is 2.36. The Hall–Kier alpha value is -1.31. The number of hydrogen-bond donors (Lipinski definition) is 0. The van der Waals surface area contributed by atoms with E-state index in [1.54, 1.807) is 6.92 Å². The van der Waals surface area contributed by atoms with Crippen molar-refractivity contribution in [2.75, 3.05) is 0 Å². The third kappa shape index (κ3) is 3.39. The molecule has 15 heavy (non-hydrogen) atoms. The molecule has 0 aromatic carbocycles. The van der Waals surface area contributed by atoms with Gasteiger partial charge < -0.3 is 4.74 Å². The molecule has 0 aromatic heterocycles. The minimum Gasteiger partial charge on any atom is -0.454 e. The molecule has 2 heteroatoms. The lowest BCUT2D eigenvalue weighted by Gasteiger charge is -2.18. The van der Waals surface area contributed by atoms with Crippen LogP contribution in [0.4, 0.5) is 0 Å². The molecule has 0 aromatic rings. The van der Waals surface area contributed by atoms with Crippen LogP contribution in [0.3, 0.4) is 0 Å². The first-order chi connectivity index (χ1) is 7.15. The van der Waals surface area contributed by atoms with Crippen LogP contribution in [0, 0.1) is 0 Å². The molecule has 1 aliphatic carbocycles. The zero-order chi connectivity index (χ0) is 11.3. The summed E-state index contributed by atoms with van der Waals surface area (Å²) >= 11 is 0. The van der Waals surface area contributed by atoms with Crippen LogP contribution in [0.2, 0.25) is 0 Å². The number of allylic oxidation sites excluding steroid dienone is 3. The topological polar surface area (TPSA) is 26.3 Å². The van der Waals surface area contributed by atoms with E-state index in [1.807, 2.05) is 12.2 Å². The van der Waals surface area contributed by atoms with E-state index in [2.05, 4.69) is 19.6 Å². The van der Waals surface area contributed by atoms with Gasteiger partial charge in [0.2, 0.25) is 0 Å². The first-order valence-corrected chi connectivity index (χ1v) is 5.37. The van der Waals surface area contributed by atoms with Crippen LogP contribution in [0.1, 0.15) is 33.1 Å². The van der Waals surface area contributed by atoms with Crippen LogP contribution in [0.5, 0.6) is 0 Å². The van der Waals surface area contributed by atoms with Crippen LogP contribution in [-0.4, -0.2) is 12.1 Å². The lowest BCUT2D eigenvalue weighted by Crippen LogP contribution is -2.20. The molecule has 0 heterocycles. The largest absolute Gasteiger partial charge is 0.454 e. The Morgan fingerprint density at radius 3 is 2.87 bits per heavy atom. The van der Waals surface area contributed by atoms with E-state index in [0.717, 1.165) is 19.3 Å². The van der Waals surface area contributed by atoms with E-state index in [1.165, 1.54) is 5.57 Å². The van der Waals surface area contributed by atoms with Crippen LogP contribution in [0.25, 0.3) is 0 Å². The van der Waals surface area contributed by atoms with Gasteiger partial charge in [0.15, 0.2) is 0 Å². The maximum Gasteiger partial charge on any atom is 0.333 e. The van der Waals surface area contributed by atoms with Crippen LogP contribution >= 0.6 is 0 Å². The fourth-order valence-electron chi connectivity index (χ4n) is 1.51. The lowest BCUT2D eigenvalue weighted by molar-refractivity contribution is -0.142. The van der Waals surface area contributed by atoms with E-state index >= 15 is 0 Å². The fraction of sp³-hybridized carbons (Fsp3) is 0.462. The number of ether oxygens (including phenoxy) is 1. The predicted octanol–water partition coefficient (Wildman–Crippen LogP) is 3.16. The molecule has 0 radical (unpaired) electrons. The zero-order valence-corrected chi connectivity index (χ0v) is 9.45. The SMILES string of the molecule is C=C(C)C(=O)OC(CCC)C1=CC=CC1. The molecule has 0 spiro atoms. The number of hydrogen-bond acceptors (Lipinski definition) is 2. The molecule has 1 atom stereocenters. The van der Waals surface area contributed by atoms with Gasteiger partial charge in [0, 0.05) is 5.57 Å². The van der Waals surface area contributed by atoms with Crippen molar-refractivity contribution in [3.63, 3.8) is 0 Å². The van der Waals surface area contributed by atoms with E-state index in [4.69, 9.17) is 4.74 Å². The number of carbonyl (C=O) groups is 1. The molecule has 0 amide bonds. The average molecular weight is 206 g/mol. The highest BCUT2D eigenvalue weighted by Crippen LogP contribution is 2.21. The van der Waals surface area contributed by atoms with Crippen molar-refractivity contribution in [1.82, 2.24) is 0 Å². The van der Waals surface area contributed by atoms with Gasteiger partial charge in [-0.1, -0.05) is 38.2 Å². The normalized spacial score (nSPS) is 16.0. The Bertz CT molecular complexity index is 310. The predicted molar refractivity (Wildman–Crippen MR) is 61.4 cm³/mol. The minimum absolute atomic E-state index is 0.0748. The Balaban J connectivity index is 2.58. The van der Waals surface area contributed by atoms with E-state index in [0.29, 0.717) is 5.57 Å². The number of carbonyl (C=O) groups excluding carboxylic acids is 1. The van der Waals surface area contributed by atoms with Crippen LogP contribution in [-0.2, 0) is 9.53 Å². The van der Waals surface area contributed by atoms with Crippen molar-refractivity contribution in [2.45, 2.75) is 39.2 Å². The molecule has 1 unspecified atom stereocenters. The van der Waals surface area contributed by atoms with Gasteiger partial charge in [-0.2, -0.15) is 0 Å².